The molecule has 118 valence electrons. The lowest BCUT2D eigenvalue weighted by molar-refractivity contribution is -0.120. The first kappa shape index (κ1) is 17.6. The van der Waals surface area contributed by atoms with Crippen molar-refractivity contribution in [1.82, 2.24) is 4.31 Å². The van der Waals surface area contributed by atoms with E-state index in [1.54, 1.807) is 19.1 Å². The van der Waals surface area contributed by atoms with Crippen molar-refractivity contribution in [2.45, 2.75) is 37.1 Å². The van der Waals surface area contributed by atoms with Crippen molar-refractivity contribution in [3.05, 3.63) is 24.3 Å². The first-order chi connectivity index (χ1) is 9.61. The van der Waals surface area contributed by atoms with E-state index >= 15 is 0 Å². The van der Waals surface area contributed by atoms with Gasteiger partial charge in [-0.25, -0.2) is 12.7 Å². The lowest BCUT2D eigenvalue weighted by atomic mass is 9.96. The Bertz CT molecular complexity index is 610. The van der Waals surface area contributed by atoms with Crippen molar-refractivity contribution in [3.63, 3.8) is 0 Å². The number of sulfonamides is 1. The molecule has 21 heavy (non-hydrogen) atoms. The zero-order chi connectivity index (χ0) is 16.3. The second-order valence-corrected chi connectivity index (χ2v) is 7.59. The number of carbonyl (C=O) groups is 1. The predicted molar refractivity (Wildman–Crippen MR) is 83.4 cm³/mol. The predicted octanol–water partition coefficient (Wildman–Crippen LogP) is 1.39. The molecule has 0 fully saturated rings. The van der Waals surface area contributed by atoms with Crippen LogP contribution in [-0.4, -0.2) is 38.3 Å². The fraction of sp³-hybridized carbons (Fsp3) is 0.500. The summed E-state index contributed by atoms with van der Waals surface area (Å²) in [7, 11) is -0.616. The van der Waals surface area contributed by atoms with Crippen molar-refractivity contribution in [2.75, 3.05) is 19.4 Å². The van der Waals surface area contributed by atoms with E-state index in [-0.39, 0.29) is 10.8 Å². The average molecular weight is 313 g/mol. The van der Waals surface area contributed by atoms with Crippen LogP contribution in [0.5, 0.6) is 0 Å². The third-order valence-electron chi connectivity index (χ3n) is 3.16. The summed E-state index contributed by atoms with van der Waals surface area (Å²) in [5, 5.41) is 2.67. The molecule has 1 aromatic carbocycles. The molecule has 1 amide bonds. The van der Waals surface area contributed by atoms with Crippen LogP contribution in [0.2, 0.25) is 0 Å². The van der Waals surface area contributed by atoms with Gasteiger partial charge in [0, 0.05) is 19.8 Å². The van der Waals surface area contributed by atoms with Crippen LogP contribution in [0.25, 0.3) is 0 Å². The van der Waals surface area contributed by atoms with Gasteiger partial charge in [0.1, 0.15) is 0 Å². The van der Waals surface area contributed by atoms with Gasteiger partial charge < -0.3 is 11.1 Å². The average Bonchev–Trinajstić information content (AvgIpc) is 2.38. The van der Waals surface area contributed by atoms with Crippen LogP contribution in [0, 0.1) is 0 Å². The normalized spacial score (nSPS) is 14.8. The molecule has 0 bridgehead atoms. The van der Waals surface area contributed by atoms with Crippen molar-refractivity contribution in [1.29, 1.82) is 0 Å². The third kappa shape index (κ3) is 4.26. The van der Waals surface area contributed by atoms with Gasteiger partial charge in [-0.2, -0.15) is 0 Å². The second kappa shape index (κ2) is 6.55. The van der Waals surface area contributed by atoms with Gasteiger partial charge in [-0.15, -0.1) is 0 Å². The Kier molecular flexibility index (Phi) is 5.49. The van der Waals surface area contributed by atoms with E-state index in [4.69, 9.17) is 5.73 Å². The maximum absolute atomic E-state index is 12.1. The monoisotopic (exact) mass is 313 g/mol. The van der Waals surface area contributed by atoms with Crippen molar-refractivity contribution in [2.24, 2.45) is 5.73 Å². The summed E-state index contributed by atoms with van der Waals surface area (Å²) in [6.07, 6.45) is 1.34. The Morgan fingerprint density at radius 2 is 2.00 bits per heavy atom. The number of amides is 1. The molecule has 6 nitrogen and oxygen atoms in total. The van der Waals surface area contributed by atoms with Gasteiger partial charge >= 0.3 is 0 Å². The first-order valence-electron chi connectivity index (χ1n) is 6.74. The topological polar surface area (TPSA) is 92.5 Å². The molecule has 1 rings (SSSR count). The smallest absolute Gasteiger partial charge is 0.244 e. The molecule has 0 spiro atoms. The highest BCUT2D eigenvalue weighted by Crippen LogP contribution is 2.19. The number of hydrogen-bond acceptors (Lipinski definition) is 4. The Labute approximate surface area is 126 Å². The van der Waals surface area contributed by atoms with Crippen LogP contribution in [0.15, 0.2) is 29.2 Å². The van der Waals surface area contributed by atoms with Gasteiger partial charge in [-0.3, -0.25) is 4.79 Å². The first-order valence-corrected chi connectivity index (χ1v) is 8.18. The molecule has 0 saturated heterocycles. The minimum Gasteiger partial charge on any atom is -0.324 e. The van der Waals surface area contributed by atoms with Crippen LogP contribution < -0.4 is 11.1 Å². The summed E-state index contributed by atoms with van der Waals surface area (Å²) in [5.74, 6) is -0.330. The second-order valence-electron chi connectivity index (χ2n) is 5.44. The number of nitrogens with zero attached hydrogens (tertiary/aromatic N) is 1. The highest BCUT2D eigenvalue weighted by Gasteiger charge is 2.27. The number of anilines is 1. The summed E-state index contributed by atoms with van der Waals surface area (Å²) in [6, 6.07) is 6.13. The van der Waals surface area contributed by atoms with Crippen molar-refractivity contribution < 1.29 is 13.2 Å². The van der Waals surface area contributed by atoms with Gasteiger partial charge in [0.05, 0.1) is 10.4 Å². The number of benzene rings is 1. The lowest BCUT2D eigenvalue weighted by Crippen LogP contribution is -2.48. The minimum atomic E-state index is -3.53. The molecule has 0 heterocycles. The number of nitrogens with two attached hydrogens (primary N) is 1. The molecule has 0 radical (unpaired) electrons. The fourth-order valence-corrected chi connectivity index (χ4v) is 2.80. The van der Waals surface area contributed by atoms with E-state index in [1.807, 2.05) is 6.92 Å². The van der Waals surface area contributed by atoms with Crippen molar-refractivity contribution in [3.8, 4) is 0 Å². The highest BCUT2D eigenvalue weighted by atomic mass is 32.2. The highest BCUT2D eigenvalue weighted by molar-refractivity contribution is 7.89. The Morgan fingerprint density at radius 1 is 1.38 bits per heavy atom. The summed E-state index contributed by atoms with van der Waals surface area (Å²) in [4.78, 5) is 12.2. The van der Waals surface area contributed by atoms with E-state index in [1.165, 1.54) is 26.2 Å². The molecule has 0 aliphatic rings. The Hall–Kier alpha value is -1.44. The largest absolute Gasteiger partial charge is 0.324 e. The van der Waals surface area contributed by atoms with E-state index in [0.29, 0.717) is 12.1 Å². The van der Waals surface area contributed by atoms with Crippen LogP contribution in [0.4, 0.5) is 5.69 Å². The van der Waals surface area contributed by atoms with Crippen molar-refractivity contribution >= 4 is 21.6 Å². The number of nitrogens with one attached hydrogen (secondary N) is 1. The number of hydrogen-bond donors (Lipinski definition) is 2. The molecular formula is C14H23N3O3S. The number of rotatable bonds is 6. The standard InChI is InChI=1S/C14H23N3O3S/c1-5-9-14(2,15)13(18)16-11-7-6-8-12(10-11)21(19,20)17(3)4/h6-8,10H,5,9,15H2,1-4H3,(H,16,18). The van der Waals surface area contributed by atoms with Gasteiger partial charge in [0.25, 0.3) is 0 Å². The Balaban J connectivity index is 3.00. The molecule has 3 N–H and O–H groups in total. The van der Waals surface area contributed by atoms with E-state index in [0.717, 1.165) is 10.7 Å². The van der Waals surface area contributed by atoms with Crippen LogP contribution in [0.3, 0.4) is 0 Å². The molecule has 7 heteroatoms. The van der Waals surface area contributed by atoms with Gasteiger partial charge in [0.15, 0.2) is 0 Å². The zero-order valence-corrected chi connectivity index (χ0v) is 13.7. The van der Waals surface area contributed by atoms with Gasteiger partial charge in [-0.05, 0) is 31.5 Å². The molecule has 1 aromatic rings. The molecule has 0 aromatic heterocycles. The van der Waals surface area contributed by atoms with E-state index in [2.05, 4.69) is 5.32 Å². The van der Waals surface area contributed by atoms with Crippen LogP contribution >= 0.6 is 0 Å². The van der Waals surface area contributed by atoms with Crippen LogP contribution in [-0.2, 0) is 14.8 Å². The minimum absolute atomic E-state index is 0.125. The fourth-order valence-electron chi connectivity index (χ4n) is 1.85. The third-order valence-corrected chi connectivity index (χ3v) is 4.97. The SMILES string of the molecule is CCCC(C)(N)C(=O)Nc1cccc(S(=O)(=O)N(C)C)c1. The molecule has 0 saturated carbocycles. The maximum atomic E-state index is 12.1. The summed E-state index contributed by atoms with van der Waals surface area (Å²) < 4.78 is 25.2. The maximum Gasteiger partial charge on any atom is 0.244 e. The van der Waals surface area contributed by atoms with E-state index < -0.39 is 15.6 Å². The van der Waals surface area contributed by atoms with E-state index in [9.17, 15) is 13.2 Å². The molecular weight excluding hydrogens is 290 g/mol. The van der Waals surface area contributed by atoms with Gasteiger partial charge in [-0.1, -0.05) is 19.4 Å². The number of carbonyl (C=O) groups excluding carboxylic acids is 1. The summed E-state index contributed by atoms with van der Waals surface area (Å²) in [5.41, 5.74) is 5.38. The quantitative estimate of drug-likeness (QED) is 0.830. The summed E-state index contributed by atoms with van der Waals surface area (Å²) >= 11 is 0. The van der Waals surface area contributed by atoms with Crippen LogP contribution in [0.1, 0.15) is 26.7 Å². The summed E-state index contributed by atoms with van der Waals surface area (Å²) in [6.45, 7) is 3.61. The molecule has 0 aliphatic heterocycles. The van der Waals surface area contributed by atoms with Gasteiger partial charge in [0.2, 0.25) is 15.9 Å². The molecule has 0 aliphatic carbocycles. The zero-order valence-electron chi connectivity index (χ0n) is 12.9. The molecule has 1 unspecified atom stereocenters. The molecule has 1 atom stereocenters. The Morgan fingerprint density at radius 3 is 2.52 bits per heavy atom. The lowest BCUT2D eigenvalue weighted by Gasteiger charge is -2.23.